The van der Waals surface area contributed by atoms with Crippen LogP contribution in [0.4, 0.5) is 23.2 Å². The lowest BCUT2D eigenvalue weighted by molar-refractivity contribution is -0.143. The number of nitrogens with zero attached hydrogens (tertiary/aromatic N) is 2. The zero-order valence-electron chi connectivity index (χ0n) is 15.6. The van der Waals surface area contributed by atoms with Gasteiger partial charge in [0.15, 0.2) is 5.69 Å². The van der Waals surface area contributed by atoms with E-state index in [2.05, 4.69) is 15.7 Å². The van der Waals surface area contributed by atoms with Crippen LogP contribution >= 0.6 is 0 Å². The average Bonchev–Trinajstić information content (AvgIpc) is 3.12. The fourth-order valence-electron chi connectivity index (χ4n) is 2.83. The fraction of sp³-hybridized carbons (Fsp3) is 0.150. The molecule has 3 rings (SSSR count). The molecule has 1 aromatic heterocycles. The monoisotopic (exact) mass is 420 g/mol. The fourth-order valence-corrected chi connectivity index (χ4v) is 2.83. The summed E-state index contributed by atoms with van der Waals surface area (Å²) in [6.07, 6.45) is -4.20. The van der Waals surface area contributed by atoms with Gasteiger partial charge < -0.3 is 10.6 Å². The smallest absolute Gasteiger partial charge is 0.348 e. The van der Waals surface area contributed by atoms with Crippen molar-refractivity contribution in [3.05, 3.63) is 77.4 Å². The topological polar surface area (TPSA) is 76.0 Å². The van der Waals surface area contributed by atoms with Gasteiger partial charge in [-0.2, -0.15) is 18.3 Å². The van der Waals surface area contributed by atoms with E-state index in [1.807, 2.05) is 0 Å². The number of alkyl halides is 3. The van der Waals surface area contributed by atoms with Crippen LogP contribution in [0.15, 0.2) is 54.7 Å². The first-order valence-electron chi connectivity index (χ1n) is 8.71. The summed E-state index contributed by atoms with van der Waals surface area (Å²) < 4.78 is 55.3. The standard InChI is InChI=1S/C20H16F4N4O2/c1-12(29)27-14-6-4-5-13(9-14)10-25-19(30)15-11-26-28(18(15)20(22,23)24)17-8-3-2-7-16(17)21/h2-9,11H,10H2,1H3,(H,25,30)(H,27,29). The van der Waals surface area contributed by atoms with Crippen LogP contribution in [0.25, 0.3) is 5.69 Å². The Kier molecular flexibility index (Phi) is 5.86. The highest BCUT2D eigenvalue weighted by molar-refractivity contribution is 5.95. The van der Waals surface area contributed by atoms with Crippen molar-refractivity contribution in [2.24, 2.45) is 0 Å². The number of nitrogens with one attached hydrogen (secondary N) is 2. The molecule has 30 heavy (non-hydrogen) atoms. The SMILES string of the molecule is CC(=O)Nc1cccc(CNC(=O)c2cnn(-c3ccccc3F)c2C(F)(F)F)c1. The van der Waals surface area contributed by atoms with Gasteiger partial charge in [-0.25, -0.2) is 9.07 Å². The van der Waals surface area contributed by atoms with Gasteiger partial charge in [-0.05, 0) is 29.8 Å². The molecule has 0 aliphatic carbocycles. The molecule has 0 unspecified atom stereocenters. The predicted molar refractivity (Wildman–Crippen MR) is 100 cm³/mol. The third-order valence-electron chi connectivity index (χ3n) is 4.06. The number of hydrogen-bond donors (Lipinski definition) is 2. The number of halogens is 4. The van der Waals surface area contributed by atoms with E-state index in [1.54, 1.807) is 24.3 Å². The molecule has 0 aliphatic heterocycles. The molecule has 10 heteroatoms. The maximum Gasteiger partial charge on any atom is 0.434 e. The highest BCUT2D eigenvalue weighted by Crippen LogP contribution is 2.34. The number of carbonyl (C=O) groups is 2. The molecule has 0 atom stereocenters. The molecule has 0 fully saturated rings. The third kappa shape index (κ3) is 4.65. The summed E-state index contributed by atoms with van der Waals surface area (Å²) in [7, 11) is 0. The lowest BCUT2D eigenvalue weighted by Gasteiger charge is -2.13. The molecule has 2 aromatic carbocycles. The number of hydrogen-bond acceptors (Lipinski definition) is 3. The number of anilines is 1. The van der Waals surface area contributed by atoms with Gasteiger partial charge >= 0.3 is 6.18 Å². The molecule has 0 spiro atoms. The molecule has 2 amide bonds. The van der Waals surface area contributed by atoms with Crippen LogP contribution in [-0.2, 0) is 17.5 Å². The molecular formula is C20H16F4N4O2. The quantitative estimate of drug-likeness (QED) is 0.615. The molecule has 156 valence electrons. The predicted octanol–water partition coefficient (Wildman–Crippen LogP) is 3.92. The lowest BCUT2D eigenvalue weighted by atomic mass is 10.1. The van der Waals surface area contributed by atoms with Gasteiger partial charge in [0.05, 0.1) is 11.8 Å². The highest BCUT2D eigenvalue weighted by atomic mass is 19.4. The number of rotatable bonds is 5. The van der Waals surface area contributed by atoms with E-state index in [1.165, 1.54) is 19.1 Å². The van der Waals surface area contributed by atoms with Crippen LogP contribution in [0.1, 0.15) is 28.5 Å². The third-order valence-corrected chi connectivity index (χ3v) is 4.06. The normalized spacial score (nSPS) is 11.2. The molecule has 0 aliphatic rings. The van der Waals surface area contributed by atoms with E-state index in [9.17, 15) is 27.2 Å². The second-order valence-corrected chi connectivity index (χ2v) is 6.33. The summed E-state index contributed by atoms with van der Waals surface area (Å²) in [6, 6.07) is 11.3. The van der Waals surface area contributed by atoms with Crippen molar-refractivity contribution < 1.29 is 27.2 Å². The van der Waals surface area contributed by atoms with Crippen molar-refractivity contribution in [3.8, 4) is 5.69 Å². The molecular weight excluding hydrogens is 404 g/mol. The molecule has 0 bridgehead atoms. The summed E-state index contributed by atoms with van der Waals surface area (Å²) in [6.45, 7) is 1.24. The van der Waals surface area contributed by atoms with Crippen LogP contribution in [0.5, 0.6) is 0 Å². The van der Waals surface area contributed by atoms with E-state index in [4.69, 9.17) is 0 Å². The van der Waals surface area contributed by atoms with Gasteiger partial charge in [-0.15, -0.1) is 0 Å². The van der Waals surface area contributed by atoms with E-state index >= 15 is 0 Å². The van der Waals surface area contributed by atoms with Gasteiger partial charge in [0, 0.05) is 19.2 Å². The van der Waals surface area contributed by atoms with Gasteiger partial charge in [0.1, 0.15) is 11.5 Å². The molecule has 0 saturated heterocycles. The maximum atomic E-state index is 14.0. The van der Waals surface area contributed by atoms with E-state index in [0.29, 0.717) is 15.9 Å². The van der Waals surface area contributed by atoms with E-state index in [0.717, 1.165) is 18.3 Å². The molecule has 6 nitrogen and oxygen atoms in total. The number of aromatic nitrogens is 2. The van der Waals surface area contributed by atoms with Gasteiger partial charge in [0.25, 0.3) is 5.91 Å². The lowest BCUT2D eigenvalue weighted by Crippen LogP contribution is -2.26. The minimum absolute atomic E-state index is 0.0889. The van der Waals surface area contributed by atoms with Crippen molar-refractivity contribution in [1.29, 1.82) is 0 Å². The highest BCUT2D eigenvalue weighted by Gasteiger charge is 2.41. The first-order valence-corrected chi connectivity index (χ1v) is 8.71. The van der Waals surface area contributed by atoms with Crippen LogP contribution in [0.2, 0.25) is 0 Å². The van der Waals surface area contributed by atoms with Crippen molar-refractivity contribution in [2.45, 2.75) is 19.6 Å². The minimum atomic E-state index is -4.95. The van der Waals surface area contributed by atoms with Crippen molar-refractivity contribution in [3.63, 3.8) is 0 Å². The summed E-state index contributed by atoms with van der Waals surface area (Å²) in [5.74, 6) is -2.21. The Balaban J connectivity index is 1.86. The summed E-state index contributed by atoms with van der Waals surface area (Å²) >= 11 is 0. The molecule has 0 saturated carbocycles. The first-order chi connectivity index (χ1) is 14.2. The first kappa shape index (κ1) is 21.0. The van der Waals surface area contributed by atoms with Crippen molar-refractivity contribution in [2.75, 3.05) is 5.32 Å². The van der Waals surface area contributed by atoms with Gasteiger partial charge in [-0.3, -0.25) is 9.59 Å². The number of carbonyl (C=O) groups excluding carboxylic acids is 2. The second kappa shape index (κ2) is 8.36. The Morgan fingerprint density at radius 1 is 1.10 bits per heavy atom. The van der Waals surface area contributed by atoms with Gasteiger partial charge in [0.2, 0.25) is 5.91 Å². The summed E-state index contributed by atoms with van der Waals surface area (Å²) in [5, 5.41) is 8.54. The minimum Gasteiger partial charge on any atom is -0.348 e. The van der Waals surface area contributed by atoms with Gasteiger partial charge in [-0.1, -0.05) is 24.3 Å². The van der Waals surface area contributed by atoms with Crippen molar-refractivity contribution >= 4 is 17.5 Å². The second-order valence-electron chi connectivity index (χ2n) is 6.33. The Hall–Kier alpha value is -3.69. The van der Waals surface area contributed by atoms with E-state index < -0.39 is 34.8 Å². The Morgan fingerprint density at radius 3 is 2.50 bits per heavy atom. The average molecular weight is 420 g/mol. The maximum absolute atomic E-state index is 14.0. The molecule has 3 aromatic rings. The van der Waals surface area contributed by atoms with Crippen LogP contribution in [0.3, 0.4) is 0 Å². The zero-order chi connectivity index (χ0) is 21.9. The largest absolute Gasteiger partial charge is 0.434 e. The van der Waals surface area contributed by atoms with Crippen molar-refractivity contribution in [1.82, 2.24) is 15.1 Å². The van der Waals surface area contributed by atoms with E-state index in [-0.39, 0.29) is 12.5 Å². The molecule has 1 heterocycles. The number of para-hydroxylation sites is 1. The summed E-state index contributed by atoms with van der Waals surface area (Å²) in [4.78, 5) is 23.6. The molecule has 2 N–H and O–H groups in total. The Labute approximate surface area is 168 Å². The van der Waals surface area contributed by atoms with Crippen LogP contribution in [0, 0.1) is 5.82 Å². The van der Waals surface area contributed by atoms with Crippen LogP contribution in [-0.4, -0.2) is 21.6 Å². The zero-order valence-corrected chi connectivity index (χ0v) is 15.6. The van der Waals surface area contributed by atoms with Crippen LogP contribution < -0.4 is 10.6 Å². The Bertz CT molecular complexity index is 1090. The number of benzene rings is 2. The Morgan fingerprint density at radius 2 is 1.83 bits per heavy atom. The number of amides is 2. The summed E-state index contributed by atoms with van der Waals surface area (Å²) in [5.41, 5.74) is -1.49. The molecule has 0 radical (unpaired) electrons.